The maximum atomic E-state index is 11.5. The summed E-state index contributed by atoms with van der Waals surface area (Å²) < 4.78 is 5.04. The van der Waals surface area contributed by atoms with Crippen LogP contribution in [0.3, 0.4) is 0 Å². The molecule has 0 heterocycles. The molecule has 0 fully saturated rings. The van der Waals surface area contributed by atoms with Crippen LogP contribution in [0.15, 0.2) is 30.3 Å². The Balaban J connectivity index is 2.52. The SMILES string of the molecule is CCCCC[SiH](CCC(=O)OCC)c1ccccc1. The van der Waals surface area contributed by atoms with E-state index in [0.717, 1.165) is 6.04 Å². The first-order valence-electron chi connectivity index (χ1n) is 7.48. The summed E-state index contributed by atoms with van der Waals surface area (Å²) in [6.45, 7) is 4.59. The van der Waals surface area contributed by atoms with E-state index in [1.54, 1.807) is 0 Å². The van der Waals surface area contributed by atoms with Crippen molar-refractivity contribution in [2.75, 3.05) is 6.61 Å². The van der Waals surface area contributed by atoms with Crippen LogP contribution < -0.4 is 5.19 Å². The molecule has 1 aromatic rings. The molecular weight excluding hydrogens is 252 g/mol. The quantitative estimate of drug-likeness (QED) is 0.394. The zero-order valence-corrected chi connectivity index (χ0v) is 13.4. The number of hydrogen-bond acceptors (Lipinski definition) is 2. The van der Waals surface area contributed by atoms with Crippen molar-refractivity contribution < 1.29 is 9.53 Å². The van der Waals surface area contributed by atoms with Crippen LogP contribution in [0.25, 0.3) is 0 Å². The molecular formula is C16H26O2Si. The molecule has 2 nitrogen and oxygen atoms in total. The molecule has 0 radical (unpaired) electrons. The average molecular weight is 278 g/mol. The van der Waals surface area contributed by atoms with Gasteiger partial charge in [-0.25, -0.2) is 0 Å². The van der Waals surface area contributed by atoms with E-state index in [-0.39, 0.29) is 5.97 Å². The van der Waals surface area contributed by atoms with E-state index in [2.05, 4.69) is 37.3 Å². The van der Waals surface area contributed by atoms with E-state index < -0.39 is 8.80 Å². The fourth-order valence-corrected chi connectivity index (χ4v) is 5.46. The van der Waals surface area contributed by atoms with Gasteiger partial charge in [-0.15, -0.1) is 0 Å². The van der Waals surface area contributed by atoms with E-state index in [4.69, 9.17) is 4.74 Å². The van der Waals surface area contributed by atoms with E-state index in [9.17, 15) is 4.79 Å². The normalized spacial score (nSPS) is 12.1. The molecule has 0 aromatic heterocycles. The predicted molar refractivity (Wildman–Crippen MR) is 83.6 cm³/mol. The lowest BCUT2D eigenvalue weighted by molar-refractivity contribution is -0.142. The average Bonchev–Trinajstić information content (AvgIpc) is 2.44. The molecule has 0 saturated heterocycles. The van der Waals surface area contributed by atoms with Crippen molar-refractivity contribution in [2.24, 2.45) is 0 Å². The number of ether oxygens (including phenoxy) is 1. The van der Waals surface area contributed by atoms with Gasteiger partial charge in [-0.3, -0.25) is 4.79 Å². The smallest absolute Gasteiger partial charge is 0.305 e. The highest BCUT2D eigenvalue weighted by Crippen LogP contribution is 2.11. The molecule has 106 valence electrons. The predicted octanol–water partition coefficient (Wildman–Crippen LogP) is 3.26. The molecule has 1 atom stereocenters. The first kappa shape index (κ1) is 16.0. The number of rotatable bonds is 9. The highest BCUT2D eigenvalue weighted by atomic mass is 28.3. The molecule has 3 heteroatoms. The third-order valence-electron chi connectivity index (χ3n) is 3.43. The topological polar surface area (TPSA) is 26.3 Å². The van der Waals surface area contributed by atoms with Crippen LogP contribution in [0.5, 0.6) is 0 Å². The molecule has 19 heavy (non-hydrogen) atoms. The Morgan fingerprint density at radius 3 is 2.47 bits per heavy atom. The van der Waals surface area contributed by atoms with E-state index in [1.165, 1.54) is 30.5 Å². The van der Waals surface area contributed by atoms with Crippen molar-refractivity contribution in [1.82, 2.24) is 0 Å². The van der Waals surface area contributed by atoms with Crippen molar-refractivity contribution >= 4 is 20.0 Å². The second kappa shape index (κ2) is 9.79. The van der Waals surface area contributed by atoms with Crippen LogP contribution >= 0.6 is 0 Å². The maximum Gasteiger partial charge on any atom is 0.305 e. The maximum absolute atomic E-state index is 11.5. The minimum absolute atomic E-state index is 0.0357. The summed E-state index contributed by atoms with van der Waals surface area (Å²) in [4.78, 5) is 11.5. The summed E-state index contributed by atoms with van der Waals surface area (Å²) in [6.07, 6.45) is 4.44. The third kappa shape index (κ3) is 6.57. The molecule has 1 aromatic carbocycles. The second-order valence-electron chi connectivity index (χ2n) is 4.95. The Hall–Kier alpha value is -1.09. The molecule has 0 aliphatic rings. The fraction of sp³-hybridized carbons (Fsp3) is 0.562. The summed E-state index contributed by atoms with van der Waals surface area (Å²) in [7, 11) is -1.01. The van der Waals surface area contributed by atoms with Gasteiger partial charge in [0.25, 0.3) is 0 Å². The summed E-state index contributed by atoms with van der Waals surface area (Å²) in [5.74, 6) is -0.0357. The number of carbonyl (C=O) groups excluding carboxylic acids is 1. The Morgan fingerprint density at radius 2 is 1.84 bits per heavy atom. The van der Waals surface area contributed by atoms with Crippen molar-refractivity contribution in [2.45, 2.75) is 51.6 Å². The Kier molecular flexibility index (Phi) is 8.22. The van der Waals surface area contributed by atoms with Crippen molar-refractivity contribution in [1.29, 1.82) is 0 Å². The lowest BCUT2D eigenvalue weighted by Gasteiger charge is -2.15. The van der Waals surface area contributed by atoms with Crippen LogP contribution in [-0.4, -0.2) is 21.4 Å². The van der Waals surface area contributed by atoms with Crippen molar-refractivity contribution in [3.8, 4) is 0 Å². The standard InChI is InChI=1S/C16H26O2Si/c1-3-5-9-13-19(14-12-16(17)18-4-2)15-10-7-6-8-11-15/h6-8,10-11,19H,3-5,9,12-14H2,1-2H3. The van der Waals surface area contributed by atoms with Gasteiger partial charge in [-0.05, 0) is 13.0 Å². The van der Waals surface area contributed by atoms with Gasteiger partial charge >= 0.3 is 5.97 Å². The van der Waals surface area contributed by atoms with Gasteiger partial charge in [0.15, 0.2) is 0 Å². The second-order valence-corrected chi connectivity index (χ2v) is 8.16. The molecule has 1 rings (SSSR count). The van der Waals surface area contributed by atoms with Gasteiger partial charge in [-0.2, -0.15) is 0 Å². The fourth-order valence-electron chi connectivity index (χ4n) is 2.37. The minimum atomic E-state index is -1.01. The summed E-state index contributed by atoms with van der Waals surface area (Å²) in [6, 6.07) is 13.1. The molecule has 0 aliphatic heterocycles. The number of carbonyl (C=O) groups is 1. The summed E-state index contributed by atoms with van der Waals surface area (Å²) in [5.41, 5.74) is 0. The van der Waals surface area contributed by atoms with Crippen LogP contribution in [0.2, 0.25) is 12.1 Å². The van der Waals surface area contributed by atoms with Crippen LogP contribution in [0, 0.1) is 0 Å². The molecule has 0 N–H and O–H groups in total. The van der Waals surface area contributed by atoms with Gasteiger partial charge in [0.05, 0.1) is 15.4 Å². The van der Waals surface area contributed by atoms with Crippen molar-refractivity contribution in [3.05, 3.63) is 30.3 Å². The molecule has 0 amide bonds. The molecule has 0 aliphatic carbocycles. The van der Waals surface area contributed by atoms with E-state index >= 15 is 0 Å². The van der Waals surface area contributed by atoms with Crippen LogP contribution in [0.4, 0.5) is 0 Å². The van der Waals surface area contributed by atoms with Gasteiger partial charge in [0.1, 0.15) is 0 Å². The van der Waals surface area contributed by atoms with E-state index in [1.807, 2.05) is 6.92 Å². The third-order valence-corrected chi connectivity index (χ3v) is 6.85. The molecule has 0 bridgehead atoms. The first-order chi connectivity index (χ1) is 9.27. The highest BCUT2D eigenvalue weighted by molar-refractivity contribution is 6.73. The van der Waals surface area contributed by atoms with Crippen LogP contribution in [-0.2, 0) is 9.53 Å². The number of benzene rings is 1. The largest absolute Gasteiger partial charge is 0.466 e. The zero-order valence-electron chi connectivity index (χ0n) is 12.2. The summed E-state index contributed by atoms with van der Waals surface area (Å²) in [5, 5.41) is 1.49. The van der Waals surface area contributed by atoms with Gasteiger partial charge in [0, 0.05) is 6.42 Å². The van der Waals surface area contributed by atoms with Crippen molar-refractivity contribution in [3.63, 3.8) is 0 Å². The van der Waals surface area contributed by atoms with Gasteiger partial charge < -0.3 is 4.74 Å². The monoisotopic (exact) mass is 278 g/mol. The Morgan fingerprint density at radius 1 is 1.11 bits per heavy atom. The first-order valence-corrected chi connectivity index (χ1v) is 9.69. The van der Waals surface area contributed by atoms with Gasteiger partial charge in [0.2, 0.25) is 0 Å². The number of esters is 1. The van der Waals surface area contributed by atoms with Gasteiger partial charge in [-0.1, -0.05) is 67.7 Å². The number of hydrogen-bond donors (Lipinski definition) is 0. The minimum Gasteiger partial charge on any atom is -0.466 e. The zero-order chi connectivity index (χ0) is 13.9. The highest BCUT2D eigenvalue weighted by Gasteiger charge is 2.15. The Bertz CT molecular complexity index is 351. The Labute approximate surface area is 118 Å². The summed E-state index contributed by atoms with van der Waals surface area (Å²) >= 11 is 0. The lowest BCUT2D eigenvalue weighted by atomic mass is 10.3. The lowest BCUT2D eigenvalue weighted by Crippen LogP contribution is -2.30. The molecule has 0 saturated carbocycles. The van der Waals surface area contributed by atoms with E-state index in [0.29, 0.717) is 13.0 Å². The molecule has 0 spiro atoms. The molecule has 1 unspecified atom stereocenters. The number of unbranched alkanes of at least 4 members (excludes halogenated alkanes) is 2. The van der Waals surface area contributed by atoms with Crippen LogP contribution in [0.1, 0.15) is 39.5 Å².